The Labute approximate surface area is 131 Å². The lowest BCUT2D eigenvalue weighted by molar-refractivity contribution is 0.277. The van der Waals surface area contributed by atoms with Crippen LogP contribution in [0.25, 0.3) is 0 Å². The van der Waals surface area contributed by atoms with E-state index in [4.69, 9.17) is 0 Å². The minimum atomic E-state index is -0.174. The van der Waals surface area contributed by atoms with Gasteiger partial charge < -0.3 is 5.32 Å². The highest BCUT2D eigenvalue weighted by Crippen LogP contribution is 2.27. The van der Waals surface area contributed by atoms with Crippen LogP contribution in [0.15, 0.2) is 22.7 Å². The maximum Gasteiger partial charge on any atom is 0.124 e. The third-order valence-electron chi connectivity index (χ3n) is 3.46. The molecule has 0 radical (unpaired) electrons. The molecule has 3 heteroatoms. The van der Waals surface area contributed by atoms with Gasteiger partial charge >= 0.3 is 0 Å². The van der Waals surface area contributed by atoms with Gasteiger partial charge in [0, 0.05) is 10.5 Å². The van der Waals surface area contributed by atoms with E-state index in [1.807, 2.05) is 13.1 Å². The number of hydrogen-bond acceptors (Lipinski definition) is 1. The van der Waals surface area contributed by atoms with E-state index in [0.717, 1.165) is 22.9 Å². The van der Waals surface area contributed by atoms with Crippen molar-refractivity contribution in [2.45, 2.75) is 53.0 Å². The zero-order valence-electron chi connectivity index (χ0n) is 13.3. The van der Waals surface area contributed by atoms with Crippen LogP contribution in [0.3, 0.4) is 0 Å². The van der Waals surface area contributed by atoms with Gasteiger partial charge in [0.05, 0.1) is 0 Å². The predicted molar refractivity (Wildman–Crippen MR) is 88.5 cm³/mol. The van der Waals surface area contributed by atoms with Crippen LogP contribution in [0.5, 0.6) is 0 Å². The molecule has 1 aromatic rings. The molecule has 0 heterocycles. The van der Waals surface area contributed by atoms with Crippen LogP contribution in [0.1, 0.15) is 46.1 Å². The minimum absolute atomic E-state index is 0.174. The van der Waals surface area contributed by atoms with Crippen molar-refractivity contribution >= 4 is 15.9 Å². The first-order valence-electron chi connectivity index (χ1n) is 7.32. The molecule has 0 aliphatic heterocycles. The van der Waals surface area contributed by atoms with Crippen LogP contribution in [-0.4, -0.2) is 13.1 Å². The summed E-state index contributed by atoms with van der Waals surface area (Å²) in [6.45, 7) is 9.14. The fourth-order valence-corrected chi connectivity index (χ4v) is 3.44. The second kappa shape index (κ2) is 7.56. The maximum atomic E-state index is 13.4. The zero-order valence-corrected chi connectivity index (χ0v) is 14.8. The molecule has 0 saturated heterocycles. The fourth-order valence-electron chi connectivity index (χ4n) is 2.93. The average molecular weight is 344 g/mol. The molecule has 0 aliphatic rings. The lowest BCUT2D eigenvalue weighted by atomic mass is 9.82. The largest absolute Gasteiger partial charge is 0.317 e. The van der Waals surface area contributed by atoms with Crippen LogP contribution in [-0.2, 0) is 6.42 Å². The number of likely N-dealkylation sites (N-methyl/N-ethyl adjacent to an activating group) is 1. The number of halogens is 2. The Hall–Kier alpha value is -0.410. The van der Waals surface area contributed by atoms with Crippen LogP contribution < -0.4 is 5.32 Å². The van der Waals surface area contributed by atoms with E-state index in [9.17, 15) is 4.39 Å². The molecule has 0 bridgehead atoms. The van der Waals surface area contributed by atoms with Crippen LogP contribution in [0.2, 0.25) is 0 Å². The van der Waals surface area contributed by atoms with E-state index < -0.39 is 0 Å². The molecule has 1 N–H and O–H groups in total. The lowest BCUT2D eigenvalue weighted by Crippen LogP contribution is -2.30. The third-order valence-corrected chi connectivity index (χ3v) is 3.92. The van der Waals surface area contributed by atoms with Crippen molar-refractivity contribution in [1.29, 1.82) is 0 Å². The first-order chi connectivity index (χ1) is 9.19. The van der Waals surface area contributed by atoms with Crippen LogP contribution >= 0.6 is 15.9 Å². The molecule has 114 valence electrons. The Morgan fingerprint density at radius 1 is 1.25 bits per heavy atom. The van der Waals surface area contributed by atoms with Gasteiger partial charge in [0.15, 0.2) is 0 Å². The molecule has 1 nitrogen and oxygen atoms in total. The second-order valence-corrected chi connectivity index (χ2v) is 7.99. The summed E-state index contributed by atoms with van der Waals surface area (Å²) in [5, 5.41) is 3.37. The molecule has 20 heavy (non-hydrogen) atoms. The molecule has 0 amide bonds. The summed E-state index contributed by atoms with van der Waals surface area (Å²) in [6.07, 6.45) is 3.18. The molecule has 1 aromatic carbocycles. The van der Waals surface area contributed by atoms with E-state index in [-0.39, 0.29) is 5.82 Å². The molecular formula is C17H27BrFN. The summed E-state index contributed by atoms with van der Waals surface area (Å²) in [6, 6.07) is 5.52. The van der Waals surface area contributed by atoms with Crippen molar-refractivity contribution in [1.82, 2.24) is 5.32 Å². The standard InChI is InChI=1S/C17H27BrFN/c1-12(11-17(2,3)4)6-16(20-5)9-13-7-14(18)10-15(19)8-13/h7-8,10,12,16,20H,6,9,11H2,1-5H3. The highest BCUT2D eigenvalue weighted by molar-refractivity contribution is 9.10. The van der Waals surface area contributed by atoms with Gasteiger partial charge in [-0.15, -0.1) is 0 Å². The predicted octanol–water partition coefficient (Wildman–Crippen LogP) is 5.18. The Morgan fingerprint density at radius 2 is 1.90 bits per heavy atom. The summed E-state index contributed by atoms with van der Waals surface area (Å²) in [4.78, 5) is 0. The normalized spacial score (nSPS) is 15.2. The van der Waals surface area contributed by atoms with Gasteiger partial charge in [-0.1, -0.05) is 43.6 Å². The maximum absolute atomic E-state index is 13.4. The number of hydrogen-bond donors (Lipinski definition) is 1. The SMILES string of the molecule is CNC(Cc1cc(F)cc(Br)c1)CC(C)CC(C)(C)C. The highest BCUT2D eigenvalue weighted by atomic mass is 79.9. The average Bonchev–Trinajstić information content (AvgIpc) is 2.23. The molecular weight excluding hydrogens is 317 g/mol. The molecule has 0 fully saturated rings. The summed E-state index contributed by atoms with van der Waals surface area (Å²) in [5.41, 5.74) is 1.40. The van der Waals surface area contributed by atoms with Crippen molar-refractivity contribution in [3.8, 4) is 0 Å². The topological polar surface area (TPSA) is 12.0 Å². The van der Waals surface area contributed by atoms with Crippen molar-refractivity contribution in [3.05, 3.63) is 34.1 Å². The molecule has 0 aromatic heterocycles. The van der Waals surface area contributed by atoms with Crippen LogP contribution in [0.4, 0.5) is 4.39 Å². The van der Waals surface area contributed by atoms with Crippen molar-refractivity contribution in [2.24, 2.45) is 11.3 Å². The lowest BCUT2D eigenvalue weighted by Gasteiger charge is -2.26. The van der Waals surface area contributed by atoms with Crippen molar-refractivity contribution < 1.29 is 4.39 Å². The Bertz CT molecular complexity index is 405. The summed E-state index contributed by atoms with van der Waals surface area (Å²) in [7, 11) is 1.99. The third kappa shape index (κ3) is 6.85. The van der Waals surface area contributed by atoms with E-state index in [2.05, 4.69) is 48.9 Å². The summed E-state index contributed by atoms with van der Waals surface area (Å²) >= 11 is 3.36. The van der Waals surface area contributed by atoms with Gasteiger partial charge in [0.1, 0.15) is 5.82 Å². The van der Waals surface area contributed by atoms with Gasteiger partial charge in [-0.3, -0.25) is 0 Å². The van der Waals surface area contributed by atoms with Crippen molar-refractivity contribution in [3.63, 3.8) is 0 Å². The Morgan fingerprint density at radius 3 is 2.40 bits per heavy atom. The highest BCUT2D eigenvalue weighted by Gasteiger charge is 2.19. The molecule has 2 atom stereocenters. The second-order valence-electron chi connectivity index (χ2n) is 7.07. The smallest absolute Gasteiger partial charge is 0.124 e. The summed E-state index contributed by atoms with van der Waals surface area (Å²) < 4.78 is 14.2. The Balaban J connectivity index is 2.63. The van der Waals surface area contributed by atoms with Crippen molar-refractivity contribution in [2.75, 3.05) is 7.05 Å². The van der Waals surface area contributed by atoms with E-state index in [1.165, 1.54) is 12.5 Å². The van der Waals surface area contributed by atoms with Gasteiger partial charge in [-0.05, 0) is 61.4 Å². The molecule has 2 unspecified atom stereocenters. The monoisotopic (exact) mass is 343 g/mol. The fraction of sp³-hybridized carbons (Fsp3) is 0.647. The van der Waals surface area contributed by atoms with Gasteiger partial charge in [0.2, 0.25) is 0 Å². The Kier molecular flexibility index (Phi) is 6.67. The van der Waals surface area contributed by atoms with E-state index in [0.29, 0.717) is 17.4 Å². The van der Waals surface area contributed by atoms with Crippen LogP contribution in [0, 0.1) is 17.2 Å². The molecule has 1 rings (SSSR count). The zero-order chi connectivity index (χ0) is 15.3. The van der Waals surface area contributed by atoms with Gasteiger partial charge in [-0.2, -0.15) is 0 Å². The first kappa shape index (κ1) is 17.6. The molecule has 0 aliphatic carbocycles. The number of benzene rings is 1. The number of rotatable bonds is 6. The number of nitrogens with one attached hydrogen (secondary N) is 1. The van der Waals surface area contributed by atoms with E-state index >= 15 is 0 Å². The minimum Gasteiger partial charge on any atom is -0.317 e. The van der Waals surface area contributed by atoms with E-state index in [1.54, 1.807) is 6.07 Å². The van der Waals surface area contributed by atoms with Gasteiger partial charge in [0.25, 0.3) is 0 Å². The molecule has 0 saturated carbocycles. The first-order valence-corrected chi connectivity index (χ1v) is 8.11. The van der Waals surface area contributed by atoms with Gasteiger partial charge in [-0.25, -0.2) is 4.39 Å². The quantitative estimate of drug-likeness (QED) is 0.750. The molecule has 0 spiro atoms. The summed E-state index contributed by atoms with van der Waals surface area (Å²) in [5.74, 6) is 0.483.